The molecule has 2 aliphatic heterocycles. The third-order valence-corrected chi connectivity index (χ3v) is 26.1. The Morgan fingerprint density at radius 1 is 0.151 bits per heavy atom. The molecule has 4 aliphatic rings. The Morgan fingerprint density at radius 2 is 0.413 bits per heavy atom. The van der Waals surface area contributed by atoms with Crippen molar-refractivity contribution in [1.29, 1.82) is 0 Å². The van der Waals surface area contributed by atoms with Gasteiger partial charge in [-0.1, -0.05) is 400 Å². The second kappa shape index (κ2) is 31.6. The van der Waals surface area contributed by atoms with Crippen molar-refractivity contribution in [2.45, 2.75) is 10.8 Å². The van der Waals surface area contributed by atoms with Gasteiger partial charge in [-0.3, -0.25) is 0 Å². The van der Waals surface area contributed by atoms with Crippen LogP contribution < -0.4 is 19.6 Å². The summed E-state index contributed by atoms with van der Waals surface area (Å²) in [6.07, 6.45) is 0. The lowest BCUT2D eigenvalue weighted by Gasteiger charge is -2.45. The average Bonchev–Trinajstić information content (AvgIpc) is 1.49. The van der Waals surface area contributed by atoms with Crippen molar-refractivity contribution < 1.29 is 0 Å². The molecule has 20 aromatic rings. The molecule has 2 spiro atoms. The lowest BCUT2D eigenvalue weighted by atomic mass is 9.64. The first-order valence-corrected chi connectivity index (χ1v) is 43.5. The number of nitrogens with zero attached hydrogens (tertiary/aromatic N) is 4. The van der Waals surface area contributed by atoms with Gasteiger partial charge in [0.25, 0.3) is 0 Å². The Morgan fingerprint density at radius 3 is 0.833 bits per heavy atom. The van der Waals surface area contributed by atoms with Crippen molar-refractivity contribution in [2.75, 3.05) is 19.6 Å². The van der Waals surface area contributed by atoms with Gasteiger partial charge in [-0.05, 0) is 226 Å². The first-order valence-electron chi connectivity index (χ1n) is 43.5. The van der Waals surface area contributed by atoms with Gasteiger partial charge >= 0.3 is 0 Å². The summed E-state index contributed by atoms with van der Waals surface area (Å²) >= 11 is 0. The summed E-state index contributed by atoms with van der Waals surface area (Å²) in [6.45, 7) is 0. The quantitative estimate of drug-likeness (QED) is 0.108. The van der Waals surface area contributed by atoms with Crippen molar-refractivity contribution in [3.05, 3.63) is 554 Å². The van der Waals surface area contributed by atoms with Crippen molar-refractivity contribution >= 4 is 68.2 Å². The average molecular weight is 1610 g/mol. The summed E-state index contributed by atoms with van der Waals surface area (Å²) in [4.78, 5) is 9.87. The zero-order valence-electron chi connectivity index (χ0n) is 69.3. The monoisotopic (exact) mass is 1600 g/mol. The molecule has 126 heavy (non-hydrogen) atoms. The highest BCUT2D eigenvalue weighted by Gasteiger charge is 2.55. The van der Waals surface area contributed by atoms with Crippen LogP contribution in [0.1, 0.15) is 44.5 Å². The standard InChI is InChI=1S/2C61H42N2/c1-4-19-43(20-5-1)45-35-37-47(38-36-45)50-25-11-15-31-56(50)62(49-41-39-46(40-42-49)44-21-6-2-7-22-44)59-34-18-30-55-60(59)51-26-10-12-27-52(51)61(55)53-28-13-16-32-57(53)63(48-23-8-3-9-24-48)58-33-17-14-29-54(58)61;1-4-19-43(20-5-1)45-37-39-50(40-38-45)62(51-28-17-25-48(42-51)47-24-16-23-46(41-47)44-21-6-2-7-22-44)59-36-18-33-56-60(59)52-29-10-11-30-53(52)61(56)54-31-12-14-34-57(54)63(49-26-8-3-9-27-49)58-35-15-13-32-55(58)61/h2*1-42H. The fourth-order valence-electron chi connectivity index (χ4n) is 20.8. The van der Waals surface area contributed by atoms with Crippen molar-refractivity contribution in [3.8, 4) is 89.0 Å². The summed E-state index contributed by atoms with van der Waals surface area (Å²) in [7, 11) is 0. The first-order chi connectivity index (χ1) is 62.6. The van der Waals surface area contributed by atoms with Gasteiger partial charge in [-0.2, -0.15) is 0 Å². The second-order valence-corrected chi connectivity index (χ2v) is 32.9. The lowest BCUT2D eigenvalue weighted by Crippen LogP contribution is -2.36. The number of rotatable bonds is 14. The van der Waals surface area contributed by atoms with Gasteiger partial charge in [0, 0.05) is 45.1 Å². The van der Waals surface area contributed by atoms with Crippen LogP contribution in [0, 0.1) is 0 Å². The Bertz CT molecular complexity index is 7340. The fourth-order valence-corrected chi connectivity index (χ4v) is 20.8. The highest BCUT2D eigenvalue weighted by Crippen LogP contribution is 2.68. The van der Waals surface area contributed by atoms with Gasteiger partial charge in [0.2, 0.25) is 0 Å². The normalized spacial score (nSPS) is 12.9. The van der Waals surface area contributed by atoms with Crippen LogP contribution in [0.5, 0.6) is 0 Å². The number of fused-ring (bicyclic) bond motifs is 18. The van der Waals surface area contributed by atoms with Crippen molar-refractivity contribution in [1.82, 2.24) is 0 Å². The van der Waals surface area contributed by atoms with Gasteiger partial charge < -0.3 is 19.6 Å². The van der Waals surface area contributed by atoms with Crippen LogP contribution in [0.25, 0.3) is 89.0 Å². The van der Waals surface area contributed by atoms with E-state index in [-0.39, 0.29) is 0 Å². The van der Waals surface area contributed by atoms with E-state index < -0.39 is 10.8 Å². The number of benzene rings is 20. The van der Waals surface area contributed by atoms with E-state index in [2.05, 4.69) is 529 Å². The van der Waals surface area contributed by atoms with E-state index in [4.69, 9.17) is 0 Å². The summed E-state index contributed by atoms with van der Waals surface area (Å²) in [5, 5.41) is 0. The van der Waals surface area contributed by atoms with Gasteiger partial charge in [-0.25, -0.2) is 0 Å². The number of hydrogen-bond acceptors (Lipinski definition) is 4. The molecule has 0 aromatic heterocycles. The minimum Gasteiger partial charge on any atom is -0.310 e. The molecule has 20 aromatic carbocycles. The minimum absolute atomic E-state index is 0.567. The molecule has 0 fully saturated rings. The summed E-state index contributed by atoms with van der Waals surface area (Å²) in [6, 6.07) is 187. The molecule has 2 aliphatic carbocycles. The fraction of sp³-hybridized carbons (Fsp3) is 0.0164. The summed E-state index contributed by atoms with van der Waals surface area (Å²) in [5.74, 6) is 0. The van der Waals surface area contributed by atoms with E-state index in [0.29, 0.717) is 0 Å². The molecule has 4 nitrogen and oxygen atoms in total. The molecule has 0 radical (unpaired) electrons. The molecular formula is C122H84N4. The minimum atomic E-state index is -0.573. The van der Waals surface area contributed by atoms with Crippen LogP contribution in [0.4, 0.5) is 68.2 Å². The Balaban J connectivity index is 0.000000145. The van der Waals surface area contributed by atoms with E-state index >= 15 is 0 Å². The Kier molecular flexibility index (Phi) is 18.7. The van der Waals surface area contributed by atoms with Crippen molar-refractivity contribution in [3.63, 3.8) is 0 Å². The highest BCUT2D eigenvalue weighted by atomic mass is 15.2. The molecule has 0 saturated heterocycles. The molecule has 0 amide bonds. The van der Waals surface area contributed by atoms with Gasteiger partial charge in [0.1, 0.15) is 0 Å². The van der Waals surface area contributed by atoms with Crippen LogP contribution in [0.15, 0.2) is 510 Å². The maximum Gasteiger partial charge on any atom is 0.0755 e. The maximum absolute atomic E-state index is 2.50. The summed E-state index contributed by atoms with van der Waals surface area (Å²) in [5.41, 5.74) is 42.1. The molecule has 0 unspecified atom stereocenters. The maximum atomic E-state index is 2.50. The molecule has 0 N–H and O–H groups in total. The molecule has 592 valence electrons. The van der Waals surface area contributed by atoms with Gasteiger partial charge in [-0.15, -0.1) is 0 Å². The van der Waals surface area contributed by atoms with E-state index in [1.165, 1.54) is 140 Å². The van der Waals surface area contributed by atoms with Crippen molar-refractivity contribution in [2.24, 2.45) is 0 Å². The third kappa shape index (κ3) is 12.4. The van der Waals surface area contributed by atoms with Crippen LogP contribution in [0.2, 0.25) is 0 Å². The zero-order chi connectivity index (χ0) is 83.5. The highest BCUT2D eigenvalue weighted by molar-refractivity contribution is 6.05. The second-order valence-electron chi connectivity index (χ2n) is 32.9. The van der Waals surface area contributed by atoms with E-state index in [9.17, 15) is 0 Å². The molecule has 4 heteroatoms. The predicted molar refractivity (Wildman–Crippen MR) is 526 cm³/mol. The summed E-state index contributed by atoms with van der Waals surface area (Å²) < 4.78 is 0. The van der Waals surface area contributed by atoms with Crippen LogP contribution in [-0.4, -0.2) is 0 Å². The predicted octanol–water partition coefficient (Wildman–Crippen LogP) is 32.6. The van der Waals surface area contributed by atoms with Gasteiger partial charge in [0.05, 0.1) is 50.6 Å². The van der Waals surface area contributed by atoms with Gasteiger partial charge in [0.15, 0.2) is 0 Å². The van der Waals surface area contributed by atoms with E-state index in [0.717, 1.165) is 62.2 Å². The van der Waals surface area contributed by atoms with Crippen LogP contribution >= 0.6 is 0 Å². The third-order valence-electron chi connectivity index (χ3n) is 26.1. The number of para-hydroxylation sites is 7. The topological polar surface area (TPSA) is 13.0 Å². The Labute approximate surface area is 736 Å². The number of anilines is 12. The molecule has 2 heterocycles. The number of hydrogen-bond donors (Lipinski definition) is 0. The molecule has 0 atom stereocenters. The molecule has 0 saturated carbocycles. The van der Waals surface area contributed by atoms with Crippen LogP contribution in [0.3, 0.4) is 0 Å². The smallest absolute Gasteiger partial charge is 0.0755 e. The lowest BCUT2D eigenvalue weighted by molar-refractivity contribution is 0.752. The van der Waals surface area contributed by atoms with E-state index in [1.807, 2.05) is 0 Å². The Hall–Kier alpha value is -16.4. The molecule has 0 bridgehead atoms. The molecule has 24 rings (SSSR count). The zero-order valence-corrected chi connectivity index (χ0v) is 69.3. The van der Waals surface area contributed by atoms with E-state index in [1.54, 1.807) is 0 Å². The molecular weight excluding hydrogens is 1520 g/mol. The largest absolute Gasteiger partial charge is 0.310 e. The van der Waals surface area contributed by atoms with Crippen LogP contribution in [-0.2, 0) is 10.8 Å². The first kappa shape index (κ1) is 74.6. The SMILES string of the molecule is c1ccc(-c2ccc(-c3ccccc3N(c3ccc(-c4ccccc4)cc3)c3cccc4c3-c3ccccc3C43c4ccccc4N(c4ccccc4)c4ccccc43)cc2)cc1.c1ccc(-c2ccc(N(c3cccc(-c4cccc(-c5ccccc5)c4)c3)c3cccc4c3-c3ccccc3C43c4ccccc4N(c4ccccc4)c4ccccc43)cc2)cc1.